The lowest BCUT2D eigenvalue weighted by molar-refractivity contribution is -0.133. The van der Waals surface area contributed by atoms with Crippen LogP contribution in [0.4, 0.5) is 0 Å². The molecule has 0 fully saturated rings. The molecule has 0 bridgehead atoms. The Morgan fingerprint density at radius 2 is 1.68 bits per heavy atom. The first kappa shape index (κ1) is 11.5. The molecular weight excluding hydrogens is 238 g/mol. The summed E-state index contributed by atoms with van der Waals surface area (Å²) < 4.78 is 0. The quantitative estimate of drug-likeness (QED) is 0.890. The Labute approximate surface area is 111 Å². The van der Waals surface area contributed by atoms with Crippen LogP contribution in [-0.2, 0) is 11.3 Å². The second-order valence-corrected chi connectivity index (χ2v) is 4.37. The summed E-state index contributed by atoms with van der Waals surface area (Å²) >= 11 is 0. The largest absolute Gasteiger partial charge is 0.477 e. The van der Waals surface area contributed by atoms with Gasteiger partial charge in [0.25, 0.3) is 0 Å². The van der Waals surface area contributed by atoms with Crippen LogP contribution in [-0.4, -0.2) is 11.1 Å². The number of nitrogens with zero attached hydrogens (tertiary/aromatic N) is 1. The second-order valence-electron chi connectivity index (χ2n) is 4.37. The van der Waals surface area contributed by atoms with Gasteiger partial charge in [0.05, 0.1) is 6.54 Å². The van der Waals surface area contributed by atoms with Gasteiger partial charge in [-0.15, -0.1) is 0 Å². The normalized spacial score (nSPS) is 13.7. The van der Waals surface area contributed by atoms with Crippen LogP contribution in [0.2, 0.25) is 0 Å². The number of hydrogen-bond donors (Lipinski definition) is 1. The molecule has 0 spiro atoms. The predicted octanol–water partition coefficient (Wildman–Crippen LogP) is 2.65. The summed E-state index contributed by atoms with van der Waals surface area (Å²) in [6, 6.07) is 17.4. The van der Waals surface area contributed by atoms with Crippen LogP contribution >= 0.6 is 0 Å². The van der Waals surface area contributed by atoms with Gasteiger partial charge in [-0.2, -0.15) is 0 Å². The molecule has 0 aliphatic carbocycles. The van der Waals surface area contributed by atoms with Crippen molar-refractivity contribution in [1.82, 2.24) is 5.32 Å². The summed E-state index contributed by atoms with van der Waals surface area (Å²) in [4.78, 5) is 11.4. The van der Waals surface area contributed by atoms with Crippen molar-refractivity contribution in [1.29, 1.82) is 0 Å². The minimum absolute atomic E-state index is 0.143. The fraction of sp³-hybridized carbons (Fsp3) is 0.0625. The molecule has 1 aliphatic heterocycles. The molecule has 3 nitrogen and oxygen atoms in total. The van der Waals surface area contributed by atoms with Crippen molar-refractivity contribution in [3.05, 3.63) is 77.0 Å². The molecule has 0 amide bonds. The standard InChI is InChI=1S/C16H12NO2/c18-16(19)15-14(11-6-2-1-3-7-11)13-9-5-4-8-12(13)10-17-15/h1-9H,10H2,(H,18,19). The molecule has 3 rings (SSSR count). The minimum atomic E-state index is -0.978. The van der Waals surface area contributed by atoms with Crippen molar-refractivity contribution in [2.45, 2.75) is 6.54 Å². The number of benzene rings is 2. The van der Waals surface area contributed by atoms with Crippen molar-refractivity contribution >= 4 is 11.5 Å². The lowest BCUT2D eigenvalue weighted by atomic mass is 9.89. The van der Waals surface area contributed by atoms with E-state index in [1.54, 1.807) is 0 Å². The van der Waals surface area contributed by atoms with Gasteiger partial charge in [0.1, 0.15) is 0 Å². The summed E-state index contributed by atoms with van der Waals surface area (Å²) in [7, 11) is 0. The van der Waals surface area contributed by atoms with Crippen molar-refractivity contribution in [2.24, 2.45) is 0 Å². The molecule has 0 unspecified atom stereocenters. The summed E-state index contributed by atoms with van der Waals surface area (Å²) in [5.74, 6) is -0.978. The van der Waals surface area contributed by atoms with Crippen LogP contribution in [0.3, 0.4) is 0 Å². The van der Waals surface area contributed by atoms with Gasteiger partial charge >= 0.3 is 5.97 Å². The number of hydrogen-bond acceptors (Lipinski definition) is 1. The van der Waals surface area contributed by atoms with E-state index < -0.39 is 5.97 Å². The van der Waals surface area contributed by atoms with Crippen molar-refractivity contribution in [3.8, 4) is 0 Å². The van der Waals surface area contributed by atoms with Gasteiger partial charge in [0.15, 0.2) is 5.70 Å². The SMILES string of the molecule is O=C(O)C1=C(c2ccccc2)c2ccccc2C[N]1. The smallest absolute Gasteiger partial charge is 0.354 e. The third-order valence-corrected chi connectivity index (χ3v) is 3.20. The molecule has 0 atom stereocenters. The van der Waals surface area contributed by atoms with Crippen LogP contribution in [0.1, 0.15) is 16.7 Å². The Morgan fingerprint density at radius 3 is 2.42 bits per heavy atom. The van der Waals surface area contributed by atoms with Crippen LogP contribution in [0.25, 0.3) is 5.57 Å². The highest BCUT2D eigenvalue weighted by Gasteiger charge is 2.24. The second kappa shape index (κ2) is 4.61. The molecule has 1 N–H and O–H groups in total. The van der Waals surface area contributed by atoms with Crippen LogP contribution in [0, 0.1) is 0 Å². The average Bonchev–Trinajstić information content (AvgIpc) is 2.46. The highest BCUT2D eigenvalue weighted by molar-refractivity contribution is 6.01. The first-order chi connectivity index (χ1) is 9.27. The number of carbonyl (C=O) groups is 1. The maximum absolute atomic E-state index is 11.4. The molecule has 1 aliphatic rings. The minimum Gasteiger partial charge on any atom is -0.477 e. The Morgan fingerprint density at radius 1 is 1.00 bits per heavy atom. The van der Waals surface area contributed by atoms with Gasteiger partial charge in [-0.05, 0) is 16.7 Å². The fourth-order valence-corrected chi connectivity index (χ4v) is 2.34. The molecule has 0 saturated heterocycles. The summed E-state index contributed by atoms with van der Waals surface area (Å²) in [5.41, 5.74) is 3.75. The van der Waals surface area contributed by atoms with Crippen molar-refractivity contribution in [3.63, 3.8) is 0 Å². The lowest BCUT2D eigenvalue weighted by Gasteiger charge is -2.21. The van der Waals surface area contributed by atoms with E-state index in [2.05, 4.69) is 5.32 Å². The zero-order valence-corrected chi connectivity index (χ0v) is 10.2. The molecule has 0 aromatic heterocycles. The number of carboxylic acids is 1. The van der Waals surface area contributed by atoms with Gasteiger partial charge < -0.3 is 5.11 Å². The molecule has 19 heavy (non-hydrogen) atoms. The first-order valence-electron chi connectivity index (χ1n) is 6.06. The molecule has 1 heterocycles. The summed E-state index contributed by atoms with van der Waals surface area (Å²) in [6.45, 7) is 0.425. The van der Waals surface area contributed by atoms with Gasteiger partial charge in [-0.25, -0.2) is 4.79 Å². The Bertz CT molecular complexity index is 659. The van der Waals surface area contributed by atoms with E-state index in [9.17, 15) is 9.90 Å². The monoisotopic (exact) mass is 250 g/mol. The van der Waals surface area contributed by atoms with Crippen LogP contribution in [0.5, 0.6) is 0 Å². The Balaban J connectivity index is 2.27. The highest BCUT2D eigenvalue weighted by Crippen LogP contribution is 2.32. The molecule has 1 radical (unpaired) electrons. The maximum Gasteiger partial charge on any atom is 0.354 e. The predicted molar refractivity (Wildman–Crippen MR) is 72.4 cm³/mol. The maximum atomic E-state index is 11.4. The van der Waals surface area contributed by atoms with E-state index in [0.29, 0.717) is 12.1 Å². The van der Waals surface area contributed by atoms with Crippen molar-refractivity contribution < 1.29 is 9.90 Å². The molecule has 2 aromatic rings. The fourth-order valence-electron chi connectivity index (χ4n) is 2.34. The average molecular weight is 250 g/mol. The third-order valence-electron chi connectivity index (χ3n) is 3.20. The van der Waals surface area contributed by atoms with Gasteiger partial charge in [-0.1, -0.05) is 54.6 Å². The van der Waals surface area contributed by atoms with E-state index in [-0.39, 0.29) is 5.70 Å². The summed E-state index contributed by atoms with van der Waals surface area (Å²) in [5, 5.41) is 13.6. The van der Waals surface area contributed by atoms with E-state index in [0.717, 1.165) is 16.7 Å². The van der Waals surface area contributed by atoms with Gasteiger partial charge in [0, 0.05) is 5.57 Å². The number of rotatable bonds is 2. The zero-order valence-electron chi connectivity index (χ0n) is 10.2. The summed E-state index contributed by atoms with van der Waals surface area (Å²) in [6.07, 6.45) is 0. The van der Waals surface area contributed by atoms with E-state index in [4.69, 9.17) is 0 Å². The molecule has 2 aromatic carbocycles. The van der Waals surface area contributed by atoms with E-state index in [1.807, 2.05) is 54.6 Å². The topological polar surface area (TPSA) is 51.4 Å². The number of fused-ring (bicyclic) bond motifs is 1. The van der Waals surface area contributed by atoms with Crippen LogP contribution < -0.4 is 5.32 Å². The first-order valence-corrected chi connectivity index (χ1v) is 6.06. The third kappa shape index (κ3) is 1.99. The highest BCUT2D eigenvalue weighted by atomic mass is 16.4. The number of carboxylic acid groups (broad SMARTS) is 1. The molecule has 3 heteroatoms. The lowest BCUT2D eigenvalue weighted by Crippen LogP contribution is -2.21. The molecule has 0 saturated carbocycles. The zero-order chi connectivity index (χ0) is 13.2. The van der Waals surface area contributed by atoms with E-state index in [1.165, 1.54) is 0 Å². The van der Waals surface area contributed by atoms with E-state index >= 15 is 0 Å². The van der Waals surface area contributed by atoms with Crippen LogP contribution in [0.15, 0.2) is 60.3 Å². The number of aliphatic carboxylic acids is 1. The van der Waals surface area contributed by atoms with Gasteiger partial charge in [0.2, 0.25) is 0 Å². The Hall–Kier alpha value is -2.55. The van der Waals surface area contributed by atoms with Gasteiger partial charge in [-0.3, -0.25) is 5.32 Å². The molecule has 93 valence electrons. The Kier molecular flexibility index (Phi) is 2.80. The van der Waals surface area contributed by atoms with Crippen molar-refractivity contribution in [2.75, 3.05) is 0 Å². The molecular formula is C16H12NO2.